The molecule has 41 heavy (non-hydrogen) atoms. The maximum atomic E-state index is 14.6. The molecule has 4 fully saturated rings. The van der Waals surface area contributed by atoms with Crippen LogP contribution < -0.4 is 0 Å². The van der Waals surface area contributed by atoms with E-state index in [4.69, 9.17) is 4.74 Å². The number of carbonyl (C=O) groups is 3. The van der Waals surface area contributed by atoms with Gasteiger partial charge in [-0.2, -0.15) is 0 Å². The van der Waals surface area contributed by atoms with Crippen molar-refractivity contribution < 1.29 is 24.2 Å². The Kier molecular flexibility index (Phi) is 8.71. The summed E-state index contributed by atoms with van der Waals surface area (Å²) in [5.41, 5.74) is -0.919. The van der Waals surface area contributed by atoms with Gasteiger partial charge in [0.25, 0.3) is 0 Å². The van der Waals surface area contributed by atoms with E-state index in [2.05, 4.69) is 13.2 Å². The third-order valence-corrected chi connectivity index (χ3v) is 9.84. The number of likely N-dealkylation sites (tertiary alicyclic amines) is 1. The lowest BCUT2D eigenvalue weighted by Crippen LogP contribution is -2.58. The van der Waals surface area contributed by atoms with E-state index in [-0.39, 0.29) is 36.9 Å². The van der Waals surface area contributed by atoms with E-state index in [1.54, 1.807) is 22.0 Å². The van der Waals surface area contributed by atoms with Crippen molar-refractivity contribution in [2.45, 2.75) is 88.1 Å². The molecule has 5 atom stereocenters. The number of hydrogen-bond donors (Lipinski definition) is 1. The molecule has 2 unspecified atom stereocenters. The summed E-state index contributed by atoms with van der Waals surface area (Å²) in [4.78, 5) is 48.6. The van der Waals surface area contributed by atoms with Crippen molar-refractivity contribution in [2.24, 2.45) is 11.8 Å². The van der Waals surface area contributed by atoms with Gasteiger partial charge >= 0.3 is 0 Å². The van der Waals surface area contributed by atoms with E-state index in [1.165, 1.54) is 6.42 Å². The number of rotatable bonds is 12. The lowest BCUT2D eigenvalue weighted by atomic mass is 9.66. The zero-order valence-corrected chi connectivity index (χ0v) is 24.4. The van der Waals surface area contributed by atoms with Crippen LogP contribution in [0, 0.1) is 11.8 Å². The molecule has 5 rings (SSSR count). The molecule has 1 spiro atoms. The van der Waals surface area contributed by atoms with Gasteiger partial charge < -0.3 is 24.5 Å². The third-order valence-electron chi connectivity index (χ3n) is 9.84. The zero-order valence-electron chi connectivity index (χ0n) is 24.4. The highest BCUT2D eigenvalue weighted by Gasteiger charge is 2.78. The maximum absolute atomic E-state index is 14.6. The molecule has 3 saturated heterocycles. The molecule has 0 aromatic heterocycles. The first kappa shape index (κ1) is 29.5. The number of ether oxygens (including phenoxy) is 1. The van der Waals surface area contributed by atoms with E-state index in [9.17, 15) is 19.5 Å². The first-order valence-corrected chi connectivity index (χ1v) is 15.3. The molecule has 1 aliphatic carbocycles. The highest BCUT2D eigenvalue weighted by molar-refractivity contribution is 5.99. The van der Waals surface area contributed by atoms with Gasteiger partial charge in [0, 0.05) is 38.8 Å². The largest absolute Gasteiger partial charge is 0.396 e. The van der Waals surface area contributed by atoms with E-state index in [0.717, 1.165) is 31.2 Å². The molecule has 2 bridgehead atoms. The smallest absolute Gasteiger partial charge is 0.248 e. The van der Waals surface area contributed by atoms with Gasteiger partial charge in [-0.25, -0.2) is 0 Å². The molecule has 3 heterocycles. The molecule has 3 amide bonds. The number of hydrogen-bond acceptors (Lipinski definition) is 5. The molecular weight excluding hydrogens is 518 g/mol. The molecule has 3 aliphatic heterocycles. The van der Waals surface area contributed by atoms with Crippen LogP contribution in [-0.4, -0.2) is 87.1 Å². The van der Waals surface area contributed by atoms with Gasteiger partial charge in [-0.15, -0.1) is 13.2 Å². The summed E-state index contributed by atoms with van der Waals surface area (Å²) in [5.74, 6) is -1.92. The average Bonchev–Trinajstić information content (AvgIpc) is 3.55. The third kappa shape index (κ3) is 5.14. The van der Waals surface area contributed by atoms with Crippen LogP contribution in [0.4, 0.5) is 0 Å². The fourth-order valence-electron chi connectivity index (χ4n) is 8.06. The standard InChI is InChI=1S/C33H45N3O5/c1-4-19-34(23-24-13-8-6-9-14-24)29(38)26-27-30(39)36(21-12-22-37)28(33(27)18-17-32(26,3)41-33)31(40)35(20-5-2)25-15-10-7-11-16-25/h4-6,8-9,13-14,25-28,37H,1-2,7,10-12,15-23H2,3H3/t26-,27-,28?,32+,33?/m0/s1. The quantitative estimate of drug-likeness (QED) is 0.392. The van der Waals surface area contributed by atoms with Gasteiger partial charge in [-0.05, 0) is 44.6 Å². The van der Waals surface area contributed by atoms with Crippen LogP contribution in [0.1, 0.15) is 63.9 Å². The number of fused-ring (bicyclic) bond motifs is 1. The van der Waals surface area contributed by atoms with Crippen molar-refractivity contribution in [2.75, 3.05) is 26.2 Å². The molecule has 8 heteroatoms. The van der Waals surface area contributed by atoms with Crippen LogP contribution >= 0.6 is 0 Å². The second kappa shape index (κ2) is 12.1. The van der Waals surface area contributed by atoms with Crippen molar-refractivity contribution >= 4 is 17.7 Å². The second-order valence-corrected chi connectivity index (χ2v) is 12.4. The Balaban J connectivity index is 1.51. The minimum absolute atomic E-state index is 0.0908. The van der Waals surface area contributed by atoms with Gasteiger partial charge in [0.15, 0.2) is 0 Å². The van der Waals surface area contributed by atoms with Gasteiger partial charge in [0.1, 0.15) is 11.6 Å². The molecular formula is C33H45N3O5. The van der Waals surface area contributed by atoms with Crippen LogP contribution in [0.3, 0.4) is 0 Å². The van der Waals surface area contributed by atoms with Crippen molar-refractivity contribution in [3.05, 3.63) is 61.2 Å². The summed E-state index contributed by atoms with van der Waals surface area (Å²) >= 11 is 0. The highest BCUT2D eigenvalue weighted by Crippen LogP contribution is 2.63. The Morgan fingerprint density at radius 2 is 1.78 bits per heavy atom. The van der Waals surface area contributed by atoms with Gasteiger partial charge in [-0.3, -0.25) is 14.4 Å². The lowest BCUT2D eigenvalue weighted by Gasteiger charge is -2.40. The van der Waals surface area contributed by atoms with Crippen molar-refractivity contribution in [3.63, 3.8) is 0 Å². The van der Waals surface area contributed by atoms with Crippen molar-refractivity contribution in [3.8, 4) is 0 Å². The molecule has 1 aromatic carbocycles. The predicted molar refractivity (Wildman–Crippen MR) is 156 cm³/mol. The summed E-state index contributed by atoms with van der Waals surface area (Å²) < 4.78 is 6.84. The van der Waals surface area contributed by atoms with E-state index < -0.39 is 29.1 Å². The van der Waals surface area contributed by atoms with E-state index >= 15 is 0 Å². The molecule has 8 nitrogen and oxygen atoms in total. The maximum Gasteiger partial charge on any atom is 0.248 e. The fourth-order valence-corrected chi connectivity index (χ4v) is 8.06. The Bertz CT molecular complexity index is 1150. The number of amides is 3. The van der Waals surface area contributed by atoms with Gasteiger partial charge in [-0.1, -0.05) is 61.7 Å². The van der Waals surface area contributed by atoms with Gasteiger partial charge in [0.2, 0.25) is 17.7 Å². The second-order valence-electron chi connectivity index (χ2n) is 12.4. The minimum atomic E-state index is -1.07. The zero-order chi connectivity index (χ0) is 29.2. The van der Waals surface area contributed by atoms with Crippen LogP contribution in [0.5, 0.6) is 0 Å². The summed E-state index contributed by atoms with van der Waals surface area (Å²) in [6, 6.07) is 9.07. The summed E-state index contributed by atoms with van der Waals surface area (Å²) in [6.45, 7) is 11.0. The number of benzene rings is 1. The average molecular weight is 564 g/mol. The fraction of sp³-hybridized carbons (Fsp3) is 0.606. The Labute approximate surface area is 244 Å². The van der Waals surface area contributed by atoms with Crippen LogP contribution in [0.25, 0.3) is 0 Å². The SMILES string of the molecule is C=CCN(Cc1ccccc1)C(=O)[C@@H]1[C@H]2C(=O)N(CCCO)C(C(=O)N(CC=C)C3CCCCC3)C23CC[C@@]1(C)O3. The normalized spacial score (nSPS) is 30.7. The van der Waals surface area contributed by atoms with Crippen LogP contribution in [0.2, 0.25) is 0 Å². The molecule has 4 aliphatic rings. The Morgan fingerprint density at radius 1 is 1.07 bits per heavy atom. The topological polar surface area (TPSA) is 90.4 Å². The van der Waals surface area contributed by atoms with Gasteiger partial charge in [0.05, 0.1) is 17.4 Å². The first-order chi connectivity index (χ1) is 19.8. The number of aliphatic hydroxyl groups excluding tert-OH is 1. The van der Waals surface area contributed by atoms with E-state index in [1.807, 2.05) is 42.2 Å². The number of nitrogens with zero attached hydrogens (tertiary/aromatic N) is 3. The number of aliphatic hydroxyl groups is 1. The summed E-state index contributed by atoms with van der Waals surface area (Å²) in [6.07, 6.45) is 10.1. The van der Waals surface area contributed by atoms with E-state index in [0.29, 0.717) is 38.9 Å². The molecule has 0 radical (unpaired) electrons. The molecule has 1 saturated carbocycles. The summed E-state index contributed by atoms with van der Waals surface area (Å²) in [5, 5.41) is 9.67. The van der Waals surface area contributed by atoms with Crippen LogP contribution in [0.15, 0.2) is 55.6 Å². The summed E-state index contributed by atoms with van der Waals surface area (Å²) in [7, 11) is 0. The van der Waals surface area contributed by atoms with Crippen LogP contribution in [-0.2, 0) is 25.7 Å². The first-order valence-electron chi connectivity index (χ1n) is 15.3. The lowest BCUT2D eigenvalue weighted by molar-refractivity contribution is -0.155. The van der Waals surface area contributed by atoms with Crippen molar-refractivity contribution in [1.82, 2.24) is 14.7 Å². The van der Waals surface area contributed by atoms with Crippen molar-refractivity contribution in [1.29, 1.82) is 0 Å². The molecule has 1 aromatic rings. The highest BCUT2D eigenvalue weighted by atomic mass is 16.5. The Morgan fingerprint density at radius 3 is 2.44 bits per heavy atom. The predicted octanol–water partition coefficient (Wildman–Crippen LogP) is 3.70. The monoisotopic (exact) mass is 563 g/mol. The Hall–Kier alpha value is -2.97. The molecule has 222 valence electrons. The molecule has 1 N–H and O–H groups in total. The number of carbonyl (C=O) groups excluding carboxylic acids is 3. The minimum Gasteiger partial charge on any atom is -0.396 e.